The monoisotopic (exact) mass is 288 g/mol. The van der Waals surface area contributed by atoms with Crippen molar-refractivity contribution < 1.29 is 4.79 Å². The van der Waals surface area contributed by atoms with E-state index in [0.29, 0.717) is 5.56 Å². The van der Waals surface area contributed by atoms with E-state index in [-0.39, 0.29) is 5.91 Å². The van der Waals surface area contributed by atoms with E-state index in [1.54, 1.807) is 0 Å². The highest BCUT2D eigenvalue weighted by molar-refractivity contribution is 7.08. The first kappa shape index (κ1) is 14.8. The highest BCUT2D eigenvalue weighted by Gasteiger charge is 2.07. The van der Waals surface area contributed by atoms with Crippen molar-refractivity contribution in [3.05, 3.63) is 52.2 Å². The summed E-state index contributed by atoms with van der Waals surface area (Å²) in [6.07, 6.45) is 0. The molecule has 0 bridgehead atoms. The van der Waals surface area contributed by atoms with Crippen LogP contribution in [0.25, 0.3) is 0 Å². The minimum absolute atomic E-state index is 0.0498. The average molecular weight is 288 g/mol. The van der Waals surface area contributed by atoms with Crippen molar-refractivity contribution in [2.75, 3.05) is 18.4 Å². The van der Waals surface area contributed by atoms with Gasteiger partial charge >= 0.3 is 0 Å². The molecule has 3 nitrogen and oxygen atoms in total. The summed E-state index contributed by atoms with van der Waals surface area (Å²) in [5.41, 5.74) is 2.78. The Morgan fingerprint density at radius 3 is 2.70 bits per heavy atom. The second-order valence-corrected chi connectivity index (χ2v) is 5.41. The van der Waals surface area contributed by atoms with Crippen molar-refractivity contribution in [1.82, 2.24) is 4.90 Å². The molecule has 1 amide bonds. The number of benzene rings is 1. The summed E-state index contributed by atoms with van der Waals surface area (Å²) in [6.45, 7) is 7.29. The van der Waals surface area contributed by atoms with Crippen LogP contribution in [0.15, 0.2) is 41.1 Å². The van der Waals surface area contributed by atoms with Crippen molar-refractivity contribution in [3.63, 3.8) is 0 Å². The average Bonchev–Trinajstić information content (AvgIpc) is 2.99. The molecule has 20 heavy (non-hydrogen) atoms. The van der Waals surface area contributed by atoms with Gasteiger partial charge in [-0.25, -0.2) is 0 Å². The standard InChI is InChI=1S/C16H20N2OS/c1-3-18(4-2)11-13-6-5-7-15(10-13)17-16(19)14-8-9-20-12-14/h5-10,12H,3-4,11H2,1-2H3,(H,17,19). The largest absolute Gasteiger partial charge is 0.322 e. The molecule has 0 unspecified atom stereocenters. The molecule has 106 valence electrons. The summed E-state index contributed by atoms with van der Waals surface area (Å²) in [5.74, 6) is -0.0498. The smallest absolute Gasteiger partial charge is 0.256 e. The first-order valence-electron chi connectivity index (χ1n) is 6.87. The van der Waals surface area contributed by atoms with E-state index in [1.807, 2.05) is 35.0 Å². The molecule has 0 atom stereocenters. The van der Waals surface area contributed by atoms with Gasteiger partial charge in [-0.05, 0) is 42.2 Å². The normalized spacial score (nSPS) is 10.8. The highest BCUT2D eigenvalue weighted by Crippen LogP contribution is 2.15. The Labute approximate surface area is 124 Å². The molecule has 0 spiro atoms. The van der Waals surface area contributed by atoms with E-state index >= 15 is 0 Å². The van der Waals surface area contributed by atoms with Crippen molar-refractivity contribution >= 4 is 22.9 Å². The third-order valence-electron chi connectivity index (χ3n) is 3.27. The maximum absolute atomic E-state index is 12.0. The summed E-state index contributed by atoms with van der Waals surface area (Å²) >= 11 is 1.53. The zero-order valence-electron chi connectivity index (χ0n) is 11.9. The summed E-state index contributed by atoms with van der Waals surface area (Å²) < 4.78 is 0. The van der Waals surface area contributed by atoms with E-state index in [9.17, 15) is 4.79 Å². The zero-order valence-corrected chi connectivity index (χ0v) is 12.7. The summed E-state index contributed by atoms with van der Waals surface area (Å²) in [5, 5.41) is 6.71. The second kappa shape index (κ2) is 7.22. The number of nitrogens with one attached hydrogen (secondary N) is 1. The number of rotatable bonds is 6. The number of hydrogen-bond acceptors (Lipinski definition) is 3. The van der Waals surface area contributed by atoms with Gasteiger partial charge in [0.05, 0.1) is 5.56 Å². The lowest BCUT2D eigenvalue weighted by Crippen LogP contribution is -2.22. The van der Waals surface area contributed by atoms with E-state index in [2.05, 4.69) is 30.1 Å². The van der Waals surface area contributed by atoms with Gasteiger partial charge in [0.25, 0.3) is 5.91 Å². The third kappa shape index (κ3) is 3.92. The summed E-state index contributed by atoms with van der Waals surface area (Å²) in [7, 11) is 0. The van der Waals surface area contributed by atoms with Crippen LogP contribution in [0.5, 0.6) is 0 Å². The number of anilines is 1. The fourth-order valence-corrected chi connectivity index (χ4v) is 2.69. The number of amides is 1. The van der Waals surface area contributed by atoms with Gasteiger partial charge in [0.1, 0.15) is 0 Å². The molecule has 0 aliphatic heterocycles. The van der Waals surface area contributed by atoms with Crippen molar-refractivity contribution in [3.8, 4) is 0 Å². The number of hydrogen-bond donors (Lipinski definition) is 1. The molecule has 0 saturated carbocycles. The van der Waals surface area contributed by atoms with E-state index in [1.165, 1.54) is 16.9 Å². The number of carbonyl (C=O) groups excluding carboxylic acids is 1. The second-order valence-electron chi connectivity index (χ2n) is 4.63. The van der Waals surface area contributed by atoms with Crippen LogP contribution in [0.2, 0.25) is 0 Å². The van der Waals surface area contributed by atoms with Crippen molar-refractivity contribution in [2.45, 2.75) is 20.4 Å². The first-order valence-corrected chi connectivity index (χ1v) is 7.82. The van der Waals surface area contributed by atoms with Gasteiger partial charge in [-0.1, -0.05) is 26.0 Å². The number of thiophene rings is 1. The Hall–Kier alpha value is -1.65. The summed E-state index contributed by atoms with van der Waals surface area (Å²) in [6, 6.07) is 9.89. The fraction of sp³-hybridized carbons (Fsp3) is 0.312. The zero-order chi connectivity index (χ0) is 14.4. The first-order chi connectivity index (χ1) is 9.72. The topological polar surface area (TPSA) is 32.3 Å². The molecule has 2 aromatic rings. The maximum atomic E-state index is 12.0. The van der Waals surface area contributed by atoms with Crippen LogP contribution in [0.4, 0.5) is 5.69 Å². The van der Waals surface area contributed by atoms with Crippen LogP contribution in [-0.4, -0.2) is 23.9 Å². The molecule has 1 N–H and O–H groups in total. The van der Waals surface area contributed by atoms with Gasteiger partial charge in [0, 0.05) is 17.6 Å². The SMILES string of the molecule is CCN(CC)Cc1cccc(NC(=O)c2ccsc2)c1. The van der Waals surface area contributed by atoms with Gasteiger partial charge in [0.2, 0.25) is 0 Å². The summed E-state index contributed by atoms with van der Waals surface area (Å²) in [4.78, 5) is 14.4. The molecule has 0 fully saturated rings. The Balaban J connectivity index is 2.04. The van der Waals surface area contributed by atoms with E-state index < -0.39 is 0 Å². The van der Waals surface area contributed by atoms with E-state index in [0.717, 1.165) is 25.3 Å². The third-order valence-corrected chi connectivity index (χ3v) is 3.95. The molecule has 1 heterocycles. The van der Waals surface area contributed by atoms with Crippen LogP contribution < -0.4 is 5.32 Å². The fourth-order valence-electron chi connectivity index (χ4n) is 2.05. The Bertz CT molecular complexity index is 547. The quantitative estimate of drug-likeness (QED) is 0.876. The molecular formula is C16H20N2OS. The van der Waals surface area contributed by atoms with Crippen LogP contribution >= 0.6 is 11.3 Å². The molecular weight excluding hydrogens is 268 g/mol. The van der Waals surface area contributed by atoms with Crippen LogP contribution in [-0.2, 0) is 6.54 Å². The van der Waals surface area contributed by atoms with Crippen LogP contribution in [0.1, 0.15) is 29.8 Å². The highest BCUT2D eigenvalue weighted by atomic mass is 32.1. The van der Waals surface area contributed by atoms with Gasteiger partial charge in [-0.3, -0.25) is 9.69 Å². The molecule has 4 heteroatoms. The van der Waals surface area contributed by atoms with E-state index in [4.69, 9.17) is 0 Å². The molecule has 0 radical (unpaired) electrons. The molecule has 0 saturated heterocycles. The Morgan fingerprint density at radius 1 is 1.25 bits per heavy atom. The lowest BCUT2D eigenvalue weighted by atomic mass is 10.2. The number of carbonyl (C=O) groups is 1. The van der Waals surface area contributed by atoms with Crippen molar-refractivity contribution in [1.29, 1.82) is 0 Å². The number of nitrogens with zero attached hydrogens (tertiary/aromatic N) is 1. The van der Waals surface area contributed by atoms with Gasteiger partial charge in [-0.15, -0.1) is 0 Å². The predicted molar refractivity (Wildman–Crippen MR) is 85.3 cm³/mol. The maximum Gasteiger partial charge on any atom is 0.256 e. The van der Waals surface area contributed by atoms with Gasteiger partial charge in [0.15, 0.2) is 0 Å². The molecule has 0 aliphatic rings. The molecule has 1 aromatic heterocycles. The molecule has 0 aliphatic carbocycles. The molecule has 2 rings (SSSR count). The van der Waals surface area contributed by atoms with Crippen molar-refractivity contribution in [2.24, 2.45) is 0 Å². The van der Waals surface area contributed by atoms with Crippen LogP contribution in [0.3, 0.4) is 0 Å². The van der Waals surface area contributed by atoms with Gasteiger partial charge < -0.3 is 5.32 Å². The lowest BCUT2D eigenvalue weighted by molar-refractivity contribution is 0.102. The Kier molecular flexibility index (Phi) is 5.32. The van der Waals surface area contributed by atoms with Gasteiger partial charge in [-0.2, -0.15) is 11.3 Å². The minimum atomic E-state index is -0.0498. The lowest BCUT2D eigenvalue weighted by Gasteiger charge is -2.18. The molecule has 1 aromatic carbocycles. The van der Waals surface area contributed by atoms with Crippen LogP contribution in [0, 0.1) is 0 Å². The minimum Gasteiger partial charge on any atom is -0.322 e. The predicted octanol–water partition coefficient (Wildman–Crippen LogP) is 3.84. The Morgan fingerprint density at radius 2 is 2.05 bits per heavy atom.